The standard InChI is InChI=1S/C40H56O2/c1-29(17-13-19-31(3)21-23-37-33(5)25-35(41)27-39(37,7)8)15-11-12-16-30(2)18-14-20-32(4)22-24-38-34(6)26-36(42)28-40(38,9)10/h11-26,35-38,41-42H,27-28H2,1-10H3/b12-11+,17-13+,18-14+,23-21+,24-22+,29-15+,30-16+,31-19+,32-20+/t35-,36-,37+,38+/m1/s1. The Morgan fingerprint density at radius 1 is 0.571 bits per heavy atom. The molecule has 0 saturated heterocycles. The molecule has 2 aliphatic rings. The summed E-state index contributed by atoms with van der Waals surface area (Å²) in [5, 5.41) is 20.1. The van der Waals surface area contributed by atoms with Crippen LogP contribution in [0, 0.1) is 22.7 Å². The zero-order valence-corrected chi connectivity index (χ0v) is 27.9. The summed E-state index contributed by atoms with van der Waals surface area (Å²) in [6.45, 7) is 21.6. The number of allylic oxidation sites excluding steroid dienone is 20. The third-order valence-corrected chi connectivity index (χ3v) is 8.41. The van der Waals surface area contributed by atoms with Crippen LogP contribution in [0.25, 0.3) is 0 Å². The summed E-state index contributed by atoms with van der Waals surface area (Å²) in [6, 6.07) is 0. The summed E-state index contributed by atoms with van der Waals surface area (Å²) in [5.74, 6) is 0.696. The van der Waals surface area contributed by atoms with Crippen LogP contribution in [-0.2, 0) is 0 Å². The Balaban J connectivity index is 1.89. The van der Waals surface area contributed by atoms with Crippen molar-refractivity contribution in [3.05, 3.63) is 131 Å². The largest absolute Gasteiger partial charge is 0.389 e. The first kappa shape index (κ1) is 35.3. The summed E-state index contributed by atoms with van der Waals surface area (Å²) in [4.78, 5) is 0. The molecule has 42 heavy (non-hydrogen) atoms. The van der Waals surface area contributed by atoms with E-state index in [-0.39, 0.29) is 23.0 Å². The summed E-state index contributed by atoms with van der Waals surface area (Å²) in [5.41, 5.74) is 7.40. The number of aliphatic hydroxyl groups excluding tert-OH is 2. The zero-order valence-electron chi connectivity index (χ0n) is 27.9. The quantitative estimate of drug-likeness (QED) is 0.203. The van der Waals surface area contributed by atoms with Gasteiger partial charge in [-0.1, -0.05) is 158 Å². The molecule has 0 aromatic rings. The summed E-state index contributed by atoms with van der Waals surface area (Å²) >= 11 is 0. The smallest absolute Gasteiger partial charge is 0.0729 e. The van der Waals surface area contributed by atoms with Gasteiger partial charge in [-0.2, -0.15) is 0 Å². The number of hydrogen-bond acceptors (Lipinski definition) is 2. The Bertz CT molecular complexity index is 1160. The van der Waals surface area contributed by atoms with Crippen molar-refractivity contribution in [3.63, 3.8) is 0 Å². The first-order chi connectivity index (χ1) is 19.6. The van der Waals surface area contributed by atoms with Crippen LogP contribution in [0.4, 0.5) is 0 Å². The van der Waals surface area contributed by atoms with E-state index >= 15 is 0 Å². The van der Waals surface area contributed by atoms with Gasteiger partial charge in [-0.15, -0.1) is 0 Å². The van der Waals surface area contributed by atoms with Gasteiger partial charge >= 0.3 is 0 Å². The molecule has 2 N–H and O–H groups in total. The fraction of sp³-hybridized carbons (Fsp3) is 0.450. The lowest BCUT2D eigenvalue weighted by molar-refractivity contribution is 0.117. The van der Waals surface area contributed by atoms with Gasteiger partial charge in [-0.05, 0) is 65.2 Å². The molecule has 4 atom stereocenters. The van der Waals surface area contributed by atoms with E-state index in [9.17, 15) is 10.2 Å². The second-order valence-corrected chi connectivity index (χ2v) is 13.8. The highest BCUT2D eigenvalue weighted by Gasteiger charge is 2.35. The van der Waals surface area contributed by atoms with Gasteiger partial charge in [0.25, 0.3) is 0 Å². The molecule has 228 valence electrons. The number of hydrogen-bond donors (Lipinski definition) is 2. The molecule has 2 aliphatic carbocycles. The van der Waals surface area contributed by atoms with Gasteiger partial charge in [-0.3, -0.25) is 0 Å². The first-order valence-electron chi connectivity index (χ1n) is 15.4. The van der Waals surface area contributed by atoms with E-state index in [1.807, 2.05) is 12.2 Å². The zero-order chi connectivity index (χ0) is 31.5. The fourth-order valence-electron chi connectivity index (χ4n) is 6.16. The van der Waals surface area contributed by atoms with Crippen molar-refractivity contribution in [2.24, 2.45) is 22.7 Å². The fourth-order valence-corrected chi connectivity index (χ4v) is 6.16. The van der Waals surface area contributed by atoms with Gasteiger partial charge in [-0.25, -0.2) is 0 Å². The Morgan fingerprint density at radius 2 is 0.881 bits per heavy atom. The highest BCUT2D eigenvalue weighted by atomic mass is 16.3. The Hall–Kier alpha value is -2.94. The van der Waals surface area contributed by atoms with Crippen LogP contribution in [0.5, 0.6) is 0 Å². The third kappa shape index (κ3) is 11.7. The van der Waals surface area contributed by atoms with Gasteiger partial charge in [0.1, 0.15) is 0 Å². The molecule has 0 aliphatic heterocycles. The second-order valence-electron chi connectivity index (χ2n) is 13.8. The van der Waals surface area contributed by atoms with Crippen LogP contribution in [0.2, 0.25) is 0 Å². The topological polar surface area (TPSA) is 40.5 Å². The van der Waals surface area contributed by atoms with Crippen LogP contribution >= 0.6 is 0 Å². The van der Waals surface area contributed by atoms with Gasteiger partial charge in [0.2, 0.25) is 0 Å². The molecule has 0 aromatic heterocycles. The number of aliphatic hydroxyl groups is 2. The molecule has 0 unspecified atom stereocenters. The molecule has 0 aromatic carbocycles. The Morgan fingerprint density at radius 3 is 1.21 bits per heavy atom. The average molecular weight is 569 g/mol. The van der Waals surface area contributed by atoms with E-state index < -0.39 is 0 Å². The van der Waals surface area contributed by atoms with Crippen molar-refractivity contribution in [2.45, 2.75) is 94.3 Å². The van der Waals surface area contributed by atoms with Crippen molar-refractivity contribution in [1.82, 2.24) is 0 Å². The lowest BCUT2D eigenvalue weighted by Gasteiger charge is -2.38. The predicted molar refractivity (Wildman–Crippen MR) is 184 cm³/mol. The van der Waals surface area contributed by atoms with E-state index in [1.165, 1.54) is 33.4 Å². The minimum Gasteiger partial charge on any atom is -0.389 e. The van der Waals surface area contributed by atoms with Gasteiger partial charge < -0.3 is 10.2 Å². The van der Waals surface area contributed by atoms with Crippen LogP contribution < -0.4 is 0 Å². The van der Waals surface area contributed by atoms with E-state index in [4.69, 9.17) is 0 Å². The molecule has 0 heterocycles. The first-order valence-corrected chi connectivity index (χ1v) is 15.4. The van der Waals surface area contributed by atoms with Crippen molar-refractivity contribution in [1.29, 1.82) is 0 Å². The summed E-state index contributed by atoms with van der Waals surface area (Å²) in [7, 11) is 0. The monoisotopic (exact) mass is 568 g/mol. The lowest BCUT2D eigenvalue weighted by Crippen LogP contribution is -2.32. The molecule has 2 nitrogen and oxygen atoms in total. The van der Waals surface area contributed by atoms with Crippen LogP contribution in [0.1, 0.15) is 82.1 Å². The maximum atomic E-state index is 10.1. The van der Waals surface area contributed by atoms with Crippen LogP contribution in [0.15, 0.2) is 131 Å². The van der Waals surface area contributed by atoms with Crippen molar-refractivity contribution >= 4 is 0 Å². The minimum absolute atomic E-state index is 0.0574. The summed E-state index contributed by atoms with van der Waals surface area (Å²) in [6.07, 6.45) is 35.0. The Labute approximate surface area is 257 Å². The minimum atomic E-state index is -0.331. The molecule has 0 radical (unpaired) electrons. The van der Waals surface area contributed by atoms with E-state index in [1.54, 1.807) is 0 Å². The maximum absolute atomic E-state index is 10.1. The van der Waals surface area contributed by atoms with Gasteiger partial charge in [0.15, 0.2) is 0 Å². The number of rotatable bonds is 10. The van der Waals surface area contributed by atoms with Gasteiger partial charge in [0.05, 0.1) is 12.2 Å². The van der Waals surface area contributed by atoms with Crippen molar-refractivity contribution in [2.75, 3.05) is 0 Å². The predicted octanol–water partition coefficient (Wildman–Crippen LogP) is 10.3. The normalized spacial score (nSPS) is 28.1. The molecule has 0 saturated carbocycles. The Kier molecular flexibility index (Phi) is 13.5. The van der Waals surface area contributed by atoms with Crippen molar-refractivity contribution < 1.29 is 10.2 Å². The highest BCUT2D eigenvalue weighted by molar-refractivity contribution is 5.33. The molecule has 0 spiro atoms. The molecule has 0 bridgehead atoms. The molecule has 0 amide bonds. The highest BCUT2D eigenvalue weighted by Crippen LogP contribution is 2.42. The molecular weight excluding hydrogens is 512 g/mol. The average Bonchev–Trinajstić information content (AvgIpc) is 2.84. The molecule has 2 heteroatoms. The van der Waals surface area contributed by atoms with E-state index in [2.05, 4.69) is 154 Å². The molecular formula is C40H56O2. The maximum Gasteiger partial charge on any atom is 0.0729 e. The second kappa shape index (κ2) is 16.1. The molecule has 0 fully saturated rings. The van der Waals surface area contributed by atoms with Gasteiger partial charge in [0, 0.05) is 11.8 Å². The SMILES string of the molecule is CC1=C[C@@H](O)CC(C)(C)[C@H]1/C=C/C(C)=C/C=C/C(C)=C/C=C/C=C(C)/C=C/C=C(C)/C=C/[C@H]1C(C)=C[C@@H](O)CC1(C)C. The molecule has 2 rings (SSSR count). The van der Waals surface area contributed by atoms with E-state index in [0.717, 1.165) is 12.8 Å². The van der Waals surface area contributed by atoms with Crippen LogP contribution in [0.3, 0.4) is 0 Å². The third-order valence-electron chi connectivity index (χ3n) is 8.41. The van der Waals surface area contributed by atoms with Crippen LogP contribution in [-0.4, -0.2) is 22.4 Å². The summed E-state index contributed by atoms with van der Waals surface area (Å²) < 4.78 is 0. The van der Waals surface area contributed by atoms with E-state index in [0.29, 0.717) is 11.8 Å². The van der Waals surface area contributed by atoms with Crippen molar-refractivity contribution in [3.8, 4) is 0 Å². The lowest BCUT2D eigenvalue weighted by atomic mass is 9.67.